The molecule has 2 aromatic carbocycles. The molecule has 2 heterocycles. The molecule has 9 nitrogen and oxygen atoms in total. The predicted molar refractivity (Wildman–Crippen MR) is 123 cm³/mol. The van der Waals surface area contributed by atoms with Crippen LogP contribution in [0.3, 0.4) is 0 Å². The van der Waals surface area contributed by atoms with E-state index < -0.39 is 17.7 Å². The van der Waals surface area contributed by atoms with Crippen LogP contribution in [-0.2, 0) is 9.59 Å². The quantitative estimate of drug-likeness (QED) is 0.304. The number of aryl methyl sites for hydroxylation is 1. The highest BCUT2D eigenvalue weighted by atomic mass is 16.5. The monoisotopic (exact) mass is 464 g/mol. The second-order valence-corrected chi connectivity index (χ2v) is 7.58. The molecule has 3 aromatic rings. The first kappa shape index (κ1) is 22.9. The first-order chi connectivity index (χ1) is 16.3. The first-order valence-corrected chi connectivity index (χ1v) is 10.8. The summed E-state index contributed by atoms with van der Waals surface area (Å²) < 4.78 is 16.1. The predicted octanol–water partition coefficient (Wildman–Crippen LogP) is 4.11. The highest BCUT2D eigenvalue weighted by molar-refractivity contribution is 6.51. The summed E-state index contributed by atoms with van der Waals surface area (Å²) in [5, 5.41) is 25.2. The van der Waals surface area contributed by atoms with Crippen LogP contribution in [0, 0.1) is 6.92 Å². The molecular weight excluding hydrogens is 440 g/mol. The Labute approximate surface area is 195 Å². The van der Waals surface area contributed by atoms with E-state index >= 15 is 0 Å². The van der Waals surface area contributed by atoms with Crippen LogP contribution in [0.1, 0.15) is 36.8 Å². The smallest absolute Gasteiger partial charge is 0.301 e. The van der Waals surface area contributed by atoms with E-state index in [0.29, 0.717) is 35.9 Å². The number of nitrogens with zero attached hydrogens (tertiary/aromatic N) is 2. The Hall–Kier alpha value is -4.27. The summed E-state index contributed by atoms with van der Waals surface area (Å²) in [5.74, 6) is -0.812. The first-order valence-electron chi connectivity index (χ1n) is 10.8. The van der Waals surface area contributed by atoms with E-state index in [2.05, 4.69) is 5.16 Å². The largest absolute Gasteiger partial charge is 0.507 e. The van der Waals surface area contributed by atoms with Gasteiger partial charge in [-0.3, -0.25) is 14.5 Å². The summed E-state index contributed by atoms with van der Waals surface area (Å²) >= 11 is 0. The van der Waals surface area contributed by atoms with Crippen LogP contribution in [0.25, 0.3) is 5.76 Å². The molecule has 1 amide bonds. The maximum absolute atomic E-state index is 13.2. The zero-order valence-electron chi connectivity index (χ0n) is 18.9. The highest BCUT2D eigenvalue weighted by Crippen LogP contribution is 2.43. The normalized spacial score (nSPS) is 17.3. The third-order valence-corrected chi connectivity index (χ3v) is 5.34. The number of aromatic hydroxyl groups is 1. The third-order valence-electron chi connectivity index (χ3n) is 5.34. The van der Waals surface area contributed by atoms with Gasteiger partial charge in [-0.05, 0) is 62.7 Å². The fourth-order valence-electron chi connectivity index (χ4n) is 3.85. The number of benzene rings is 2. The van der Waals surface area contributed by atoms with Crippen LogP contribution in [0.2, 0.25) is 0 Å². The molecule has 0 radical (unpaired) electrons. The molecule has 34 heavy (non-hydrogen) atoms. The van der Waals surface area contributed by atoms with E-state index in [9.17, 15) is 19.8 Å². The van der Waals surface area contributed by atoms with Crippen LogP contribution < -0.4 is 14.4 Å². The maximum atomic E-state index is 13.2. The van der Waals surface area contributed by atoms with Crippen molar-refractivity contribution in [2.75, 3.05) is 18.1 Å². The van der Waals surface area contributed by atoms with Gasteiger partial charge in [0.05, 0.1) is 24.8 Å². The van der Waals surface area contributed by atoms with Gasteiger partial charge in [0, 0.05) is 11.6 Å². The number of amides is 1. The van der Waals surface area contributed by atoms with E-state index in [1.54, 1.807) is 44.2 Å². The summed E-state index contributed by atoms with van der Waals surface area (Å²) in [7, 11) is 0. The number of hydrogen-bond acceptors (Lipinski definition) is 8. The average molecular weight is 464 g/mol. The van der Waals surface area contributed by atoms with Gasteiger partial charge in [0.1, 0.15) is 17.3 Å². The van der Waals surface area contributed by atoms with Crippen molar-refractivity contribution in [1.82, 2.24) is 5.16 Å². The van der Waals surface area contributed by atoms with Crippen LogP contribution in [0.15, 0.2) is 58.6 Å². The fourth-order valence-corrected chi connectivity index (χ4v) is 3.85. The molecule has 1 aromatic heterocycles. The molecule has 0 aliphatic carbocycles. The Morgan fingerprint density at radius 3 is 2.38 bits per heavy atom. The summed E-state index contributed by atoms with van der Waals surface area (Å²) in [6.07, 6.45) is 0. The second-order valence-electron chi connectivity index (χ2n) is 7.58. The van der Waals surface area contributed by atoms with Crippen molar-refractivity contribution in [3.63, 3.8) is 0 Å². The number of hydrogen-bond donors (Lipinski definition) is 2. The zero-order chi connectivity index (χ0) is 24.4. The molecule has 176 valence electrons. The number of carbonyl (C=O) groups excluding carboxylic acids is 2. The number of phenols is 1. The Morgan fingerprint density at radius 2 is 1.76 bits per heavy atom. The standard InChI is InChI=1S/C25H24N2O7/c1-4-32-17-9-6-15(7-10-17)23(29)21-22(16-8-11-18(28)19(13-16)33-5-2)27(25(31)24(21)30)20-12-14(3)34-26-20/h6-13,22,28-29H,4-5H2,1-3H3/b23-21-. The zero-order valence-corrected chi connectivity index (χ0v) is 18.9. The van der Waals surface area contributed by atoms with E-state index in [-0.39, 0.29) is 28.6 Å². The van der Waals surface area contributed by atoms with E-state index in [1.807, 2.05) is 6.92 Å². The number of anilines is 1. The maximum Gasteiger partial charge on any atom is 0.301 e. The lowest BCUT2D eigenvalue weighted by molar-refractivity contribution is -0.132. The molecule has 1 aliphatic heterocycles. The minimum absolute atomic E-state index is 0.0913. The Bertz CT molecular complexity index is 1260. The molecule has 1 unspecified atom stereocenters. The summed E-state index contributed by atoms with van der Waals surface area (Å²) in [6, 6.07) is 11.5. The number of phenolic OH excluding ortho intramolecular Hbond substituents is 1. The summed E-state index contributed by atoms with van der Waals surface area (Å²) in [5.41, 5.74) is 0.656. The van der Waals surface area contributed by atoms with E-state index in [1.165, 1.54) is 23.1 Å². The molecule has 2 N–H and O–H groups in total. The lowest BCUT2D eigenvalue weighted by Crippen LogP contribution is -2.29. The van der Waals surface area contributed by atoms with Crippen molar-refractivity contribution in [3.05, 3.63) is 71.0 Å². The van der Waals surface area contributed by atoms with Crippen LogP contribution >= 0.6 is 0 Å². The lowest BCUT2D eigenvalue weighted by atomic mass is 9.95. The lowest BCUT2D eigenvalue weighted by Gasteiger charge is -2.23. The van der Waals surface area contributed by atoms with E-state index in [0.717, 1.165) is 0 Å². The number of aliphatic hydroxyl groups excluding tert-OH is 1. The van der Waals surface area contributed by atoms with Gasteiger partial charge in [0.25, 0.3) is 5.78 Å². The minimum atomic E-state index is -1.03. The van der Waals surface area contributed by atoms with E-state index in [4.69, 9.17) is 14.0 Å². The Balaban J connectivity index is 1.90. The number of ketones is 1. The topological polar surface area (TPSA) is 122 Å². The van der Waals surface area contributed by atoms with Crippen molar-refractivity contribution in [2.45, 2.75) is 26.8 Å². The number of carbonyl (C=O) groups is 2. The van der Waals surface area contributed by atoms with Crippen molar-refractivity contribution in [3.8, 4) is 17.2 Å². The molecule has 1 aliphatic rings. The van der Waals surface area contributed by atoms with Gasteiger partial charge in [0.15, 0.2) is 17.3 Å². The molecule has 0 bridgehead atoms. The Kier molecular flexibility index (Phi) is 6.27. The van der Waals surface area contributed by atoms with Gasteiger partial charge < -0.3 is 24.2 Å². The van der Waals surface area contributed by atoms with Crippen molar-refractivity contribution in [2.24, 2.45) is 0 Å². The molecule has 1 atom stereocenters. The van der Waals surface area contributed by atoms with Gasteiger partial charge in [0.2, 0.25) is 0 Å². The van der Waals surface area contributed by atoms with Gasteiger partial charge >= 0.3 is 5.91 Å². The number of rotatable bonds is 7. The minimum Gasteiger partial charge on any atom is -0.507 e. The van der Waals surface area contributed by atoms with Crippen molar-refractivity contribution >= 4 is 23.3 Å². The molecule has 1 fully saturated rings. The van der Waals surface area contributed by atoms with Crippen LogP contribution in [-0.4, -0.2) is 40.3 Å². The SMILES string of the molecule is CCOc1ccc(/C(O)=C2/C(=O)C(=O)N(c3cc(C)on3)C2c2ccc(O)c(OCC)c2)cc1. The van der Waals surface area contributed by atoms with Crippen molar-refractivity contribution in [1.29, 1.82) is 0 Å². The number of ether oxygens (including phenoxy) is 2. The number of aliphatic hydroxyl groups is 1. The van der Waals surface area contributed by atoms with Gasteiger partial charge in [-0.15, -0.1) is 0 Å². The summed E-state index contributed by atoms with van der Waals surface area (Å²) in [6.45, 7) is 6.07. The highest BCUT2D eigenvalue weighted by Gasteiger charge is 2.48. The molecule has 1 saturated heterocycles. The Morgan fingerprint density at radius 1 is 1.06 bits per heavy atom. The third kappa shape index (κ3) is 4.07. The number of aromatic nitrogens is 1. The molecule has 4 rings (SSSR count). The molecule has 0 spiro atoms. The van der Waals surface area contributed by atoms with Gasteiger partial charge in [-0.1, -0.05) is 11.2 Å². The number of Topliss-reactive ketones (excluding diaryl/α,β-unsaturated/α-hetero) is 1. The fraction of sp³-hybridized carbons (Fsp3) is 0.240. The van der Waals surface area contributed by atoms with Crippen LogP contribution in [0.5, 0.6) is 17.2 Å². The van der Waals surface area contributed by atoms with Gasteiger partial charge in [-0.25, -0.2) is 0 Å². The molecule has 9 heteroatoms. The second kappa shape index (κ2) is 9.30. The average Bonchev–Trinajstić information content (AvgIpc) is 3.36. The van der Waals surface area contributed by atoms with Gasteiger partial charge in [-0.2, -0.15) is 0 Å². The van der Waals surface area contributed by atoms with Crippen molar-refractivity contribution < 1.29 is 33.8 Å². The molecule has 0 saturated carbocycles. The summed E-state index contributed by atoms with van der Waals surface area (Å²) in [4.78, 5) is 27.4. The van der Waals surface area contributed by atoms with Crippen LogP contribution in [0.4, 0.5) is 5.82 Å². The molecular formula is C25H24N2O7.